The quantitative estimate of drug-likeness (QED) is 0.587. The van der Waals surface area contributed by atoms with Crippen molar-refractivity contribution in [2.24, 2.45) is 0 Å². The second-order valence-corrected chi connectivity index (χ2v) is 6.32. The molecule has 8 heteroatoms. The fourth-order valence-corrected chi connectivity index (χ4v) is 2.23. The van der Waals surface area contributed by atoms with Gasteiger partial charge in [0.2, 0.25) is 5.91 Å². The highest BCUT2D eigenvalue weighted by Crippen LogP contribution is 2.17. The molecule has 0 saturated heterocycles. The summed E-state index contributed by atoms with van der Waals surface area (Å²) in [5, 5.41) is 6.42. The first-order chi connectivity index (χ1) is 11.8. The third-order valence-corrected chi connectivity index (χ3v) is 3.38. The molecule has 6 nitrogen and oxygen atoms in total. The van der Waals surface area contributed by atoms with E-state index in [0.717, 1.165) is 4.47 Å². The van der Waals surface area contributed by atoms with Crippen LogP contribution in [-0.4, -0.2) is 34.3 Å². The van der Waals surface area contributed by atoms with E-state index in [1.54, 1.807) is 38.4 Å². The molecule has 1 N–H and O–H groups in total. The van der Waals surface area contributed by atoms with E-state index < -0.39 is 17.7 Å². The average molecular weight is 410 g/mol. The molecule has 0 spiro atoms. The van der Waals surface area contributed by atoms with Crippen LogP contribution in [0.3, 0.4) is 0 Å². The fourth-order valence-electron chi connectivity index (χ4n) is 1.94. The molecular formula is C17H17BrFN3O3. The fraction of sp³-hybridized carbons (Fsp3) is 0.235. The number of ether oxygens (including phenoxy) is 1. The lowest BCUT2D eigenvalue weighted by Crippen LogP contribution is -2.30. The van der Waals surface area contributed by atoms with Crippen LogP contribution in [0.4, 0.5) is 4.39 Å². The molecule has 1 amide bonds. The van der Waals surface area contributed by atoms with Crippen LogP contribution in [0.15, 0.2) is 41.1 Å². The van der Waals surface area contributed by atoms with Gasteiger partial charge in [-0.15, -0.1) is 0 Å². The van der Waals surface area contributed by atoms with Gasteiger partial charge in [0.25, 0.3) is 0 Å². The minimum atomic E-state index is -0.516. The van der Waals surface area contributed by atoms with Crippen molar-refractivity contribution in [1.29, 1.82) is 0 Å². The minimum absolute atomic E-state index is 0.219. The Balaban J connectivity index is 1.96. The first-order valence-electron chi connectivity index (χ1n) is 7.50. The van der Waals surface area contributed by atoms with Crippen LogP contribution in [0.5, 0.6) is 0 Å². The van der Waals surface area contributed by atoms with E-state index in [2.05, 4.69) is 26.3 Å². The summed E-state index contributed by atoms with van der Waals surface area (Å²) in [6.07, 6.45) is 5.63. The Morgan fingerprint density at radius 2 is 2.20 bits per heavy atom. The maximum absolute atomic E-state index is 14.2. The van der Waals surface area contributed by atoms with Gasteiger partial charge >= 0.3 is 5.97 Å². The number of nitrogens with zero attached hydrogens (tertiary/aromatic N) is 2. The SMILES string of the molecule is CC(C)OC(=O)CNC(=O)/C=C/c1ccc(-n2cc(Br)cn2)c(F)c1. The van der Waals surface area contributed by atoms with Crippen LogP contribution < -0.4 is 5.32 Å². The molecular weight excluding hydrogens is 393 g/mol. The summed E-state index contributed by atoms with van der Waals surface area (Å²) in [7, 11) is 0. The number of carbonyl (C=O) groups excluding carboxylic acids is 2. The number of hydrogen-bond acceptors (Lipinski definition) is 4. The van der Waals surface area contributed by atoms with Gasteiger partial charge in [0, 0.05) is 12.3 Å². The number of rotatable bonds is 6. The zero-order valence-electron chi connectivity index (χ0n) is 13.7. The maximum Gasteiger partial charge on any atom is 0.325 e. The number of nitrogens with one attached hydrogen (secondary N) is 1. The highest BCUT2D eigenvalue weighted by atomic mass is 79.9. The Kier molecular flexibility index (Phi) is 6.46. The molecule has 0 aliphatic rings. The Morgan fingerprint density at radius 1 is 1.44 bits per heavy atom. The van der Waals surface area contributed by atoms with Gasteiger partial charge in [0.05, 0.1) is 16.8 Å². The standard InChI is InChI=1S/C17H17BrFN3O3/c1-11(2)25-17(24)9-20-16(23)6-4-12-3-5-15(14(19)7-12)22-10-13(18)8-21-22/h3-8,10-11H,9H2,1-2H3,(H,20,23)/b6-4+. The average Bonchev–Trinajstić information content (AvgIpc) is 2.96. The van der Waals surface area contributed by atoms with Crippen LogP contribution in [0, 0.1) is 5.82 Å². The van der Waals surface area contributed by atoms with E-state index in [9.17, 15) is 14.0 Å². The van der Waals surface area contributed by atoms with Crippen molar-refractivity contribution in [3.05, 3.63) is 52.5 Å². The summed E-state index contributed by atoms with van der Waals surface area (Å²) in [5.74, 6) is -1.46. The molecule has 0 fully saturated rings. The monoisotopic (exact) mass is 409 g/mol. The molecule has 132 valence electrons. The minimum Gasteiger partial charge on any atom is -0.462 e. The number of hydrogen-bond donors (Lipinski definition) is 1. The molecule has 0 bridgehead atoms. The van der Waals surface area contributed by atoms with Crippen molar-refractivity contribution in [2.45, 2.75) is 20.0 Å². The molecule has 2 aromatic rings. The van der Waals surface area contributed by atoms with Gasteiger partial charge in [-0.25, -0.2) is 9.07 Å². The van der Waals surface area contributed by atoms with E-state index in [1.165, 1.54) is 22.9 Å². The van der Waals surface area contributed by atoms with Crippen LogP contribution >= 0.6 is 15.9 Å². The number of amides is 1. The number of benzene rings is 1. The lowest BCUT2D eigenvalue weighted by molar-refractivity contribution is -0.147. The van der Waals surface area contributed by atoms with Crippen LogP contribution in [0.25, 0.3) is 11.8 Å². The van der Waals surface area contributed by atoms with Crippen molar-refractivity contribution >= 4 is 33.9 Å². The summed E-state index contributed by atoms with van der Waals surface area (Å²) in [6, 6.07) is 4.51. The molecule has 2 rings (SSSR count). The van der Waals surface area contributed by atoms with Crippen molar-refractivity contribution in [3.63, 3.8) is 0 Å². The molecule has 0 aliphatic carbocycles. The molecule has 0 atom stereocenters. The van der Waals surface area contributed by atoms with E-state index in [4.69, 9.17) is 4.74 Å². The van der Waals surface area contributed by atoms with E-state index in [0.29, 0.717) is 11.3 Å². The first-order valence-corrected chi connectivity index (χ1v) is 8.30. The second-order valence-electron chi connectivity index (χ2n) is 5.40. The van der Waals surface area contributed by atoms with E-state index in [1.807, 2.05) is 0 Å². The highest BCUT2D eigenvalue weighted by molar-refractivity contribution is 9.10. The topological polar surface area (TPSA) is 73.2 Å². The summed E-state index contributed by atoms with van der Waals surface area (Å²) in [5.41, 5.74) is 0.802. The van der Waals surface area contributed by atoms with Gasteiger partial charge in [0.1, 0.15) is 18.0 Å². The molecule has 1 aromatic heterocycles. The summed E-state index contributed by atoms with van der Waals surface area (Å²) < 4.78 is 21.2. The smallest absolute Gasteiger partial charge is 0.325 e. The number of esters is 1. The molecule has 1 heterocycles. The van der Waals surface area contributed by atoms with Crippen LogP contribution in [-0.2, 0) is 14.3 Å². The van der Waals surface area contributed by atoms with Crippen LogP contribution in [0.1, 0.15) is 19.4 Å². The summed E-state index contributed by atoms with van der Waals surface area (Å²) in [4.78, 5) is 23.0. The van der Waals surface area contributed by atoms with E-state index in [-0.39, 0.29) is 12.6 Å². The van der Waals surface area contributed by atoms with Gasteiger partial charge in [-0.1, -0.05) is 6.07 Å². The number of carbonyl (C=O) groups is 2. The molecule has 25 heavy (non-hydrogen) atoms. The predicted molar refractivity (Wildman–Crippen MR) is 94.5 cm³/mol. The lowest BCUT2D eigenvalue weighted by atomic mass is 10.2. The summed E-state index contributed by atoms with van der Waals surface area (Å²) in [6.45, 7) is 3.22. The predicted octanol–water partition coefficient (Wildman–Crippen LogP) is 2.85. The first kappa shape index (κ1) is 18.9. The third-order valence-electron chi connectivity index (χ3n) is 2.97. The normalized spacial score (nSPS) is 11.1. The van der Waals surface area contributed by atoms with Crippen molar-refractivity contribution in [2.75, 3.05) is 6.54 Å². The van der Waals surface area contributed by atoms with Crippen molar-refractivity contribution in [3.8, 4) is 5.69 Å². The molecule has 0 radical (unpaired) electrons. The van der Waals surface area contributed by atoms with E-state index >= 15 is 0 Å². The second kappa shape index (κ2) is 8.57. The zero-order chi connectivity index (χ0) is 18.4. The van der Waals surface area contributed by atoms with Gasteiger partial charge in [-0.3, -0.25) is 9.59 Å². The lowest BCUT2D eigenvalue weighted by Gasteiger charge is -2.07. The largest absolute Gasteiger partial charge is 0.462 e. The summed E-state index contributed by atoms with van der Waals surface area (Å²) >= 11 is 3.25. The van der Waals surface area contributed by atoms with Crippen LogP contribution in [0.2, 0.25) is 0 Å². The third kappa shape index (κ3) is 5.82. The van der Waals surface area contributed by atoms with Crippen molar-refractivity contribution < 1.29 is 18.7 Å². The Morgan fingerprint density at radius 3 is 2.80 bits per heavy atom. The molecule has 0 saturated carbocycles. The van der Waals surface area contributed by atoms with Crippen molar-refractivity contribution in [1.82, 2.24) is 15.1 Å². The van der Waals surface area contributed by atoms with Gasteiger partial charge < -0.3 is 10.1 Å². The molecule has 0 aliphatic heterocycles. The maximum atomic E-state index is 14.2. The highest BCUT2D eigenvalue weighted by Gasteiger charge is 2.08. The number of aromatic nitrogens is 2. The Hall–Kier alpha value is -2.48. The van der Waals surface area contributed by atoms with Gasteiger partial charge in [0.15, 0.2) is 0 Å². The molecule has 1 aromatic carbocycles. The Labute approximate surface area is 152 Å². The Bertz CT molecular complexity index is 802. The number of halogens is 2. The van der Waals surface area contributed by atoms with Gasteiger partial charge in [-0.2, -0.15) is 5.10 Å². The molecule has 0 unspecified atom stereocenters. The zero-order valence-corrected chi connectivity index (χ0v) is 15.3. The van der Waals surface area contributed by atoms with Gasteiger partial charge in [-0.05, 0) is 53.5 Å².